The molecule has 1 saturated heterocycles. The van der Waals surface area contributed by atoms with E-state index >= 15 is 0 Å². The Labute approximate surface area is 207 Å². The second-order valence-corrected chi connectivity index (χ2v) is 9.09. The third-order valence-corrected chi connectivity index (χ3v) is 6.32. The lowest BCUT2D eigenvalue weighted by Crippen LogP contribution is -2.20. The zero-order chi connectivity index (χ0) is 23.7. The largest absolute Gasteiger partial charge is 0.477 e. The van der Waals surface area contributed by atoms with Gasteiger partial charge in [-0.15, -0.1) is 0 Å². The van der Waals surface area contributed by atoms with Gasteiger partial charge in [0.2, 0.25) is 11.8 Å². The van der Waals surface area contributed by atoms with Crippen molar-refractivity contribution in [2.45, 2.75) is 38.7 Å². The molecule has 0 radical (unpaired) electrons. The number of aromatic nitrogens is 3. The lowest BCUT2D eigenvalue weighted by Gasteiger charge is -2.15. The van der Waals surface area contributed by atoms with Crippen molar-refractivity contribution in [2.24, 2.45) is 0 Å². The van der Waals surface area contributed by atoms with Gasteiger partial charge in [0.1, 0.15) is 0 Å². The highest BCUT2D eigenvalue weighted by molar-refractivity contribution is 5.63. The number of fused-ring (bicyclic) bond motifs is 7. The van der Waals surface area contributed by atoms with Crippen molar-refractivity contribution in [3.05, 3.63) is 72.1 Å². The van der Waals surface area contributed by atoms with Gasteiger partial charge in [0.05, 0.1) is 25.5 Å². The Bertz CT molecular complexity index is 1140. The van der Waals surface area contributed by atoms with Crippen molar-refractivity contribution in [1.82, 2.24) is 19.9 Å². The molecule has 0 aliphatic carbocycles. The van der Waals surface area contributed by atoms with Gasteiger partial charge in [0, 0.05) is 29.7 Å². The van der Waals surface area contributed by atoms with Crippen LogP contribution in [0, 0.1) is 0 Å². The van der Waals surface area contributed by atoms with Crippen LogP contribution >= 0.6 is 0 Å². The normalized spacial score (nSPS) is 17.6. The van der Waals surface area contributed by atoms with Gasteiger partial charge < -0.3 is 19.7 Å². The summed E-state index contributed by atoms with van der Waals surface area (Å²) in [6.45, 7) is 5.34. The highest BCUT2D eigenvalue weighted by atomic mass is 16.5. The Morgan fingerprint density at radius 3 is 2.83 bits per heavy atom. The number of anilines is 2. The number of likely N-dealkylation sites (tertiary alicyclic amines) is 1. The molecule has 3 aromatic rings. The number of aryl methyl sites for hydroxylation is 1. The number of pyridine rings is 1. The molecule has 1 aromatic carbocycles. The molecule has 6 bridgehead atoms. The maximum absolute atomic E-state index is 5.93. The summed E-state index contributed by atoms with van der Waals surface area (Å²) in [6.07, 6.45) is 13.3. The minimum absolute atomic E-state index is 0.560. The van der Waals surface area contributed by atoms with E-state index in [4.69, 9.17) is 14.5 Å². The summed E-state index contributed by atoms with van der Waals surface area (Å²) >= 11 is 0. The maximum atomic E-state index is 5.93. The Kier molecular flexibility index (Phi) is 7.98. The first kappa shape index (κ1) is 23.5. The Morgan fingerprint density at radius 1 is 0.971 bits per heavy atom. The highest BCUT2D eigenvalue weighted by Crippen LogP contribution is 2.24. The van der Waals surface area contributed by atoms with Gasteiger partial charge in [-0.2, -0.15) is 0 Å². The summed E-state index contributed by atoms with van der Waals surface area (Å²) in [7, 11) is 0. The van der Waals surface area contributed by atoms with Crippen LogP contribution in [-0.2, 0) is 17.8 Å². The molecule has 0 atom stereocenters. The van der Waals surface area contributed by atoms with Crippen LogP contribution in [0.5, 0.6) is 5.88 Å². The molecule has 1 fully saturated rings. The number of nitrogens with one attached hydrogen (secondary N) is 1. The predicted molar refractivity (Wildman–Crippen MR) is 138 cm³/mol. The average Bonchev–Trinajstić information content (AvgIpc) is 3.39. The van der Waals surface area contributed by atoms with E-state index in [1.165, 1.54) is 31.5 Å². The lowest BCUT2D eigenvalue weighted by atomic mass is 10.0. The summed E-state index contributed by atoms with van der Waals surface area (Å²) in [5, 5.41) is 3.42. The van der Waals surface area contributed by atoms with Crippen molar-refractivity contribution < 1.29 is 9.47 Å². The van der Waals surface area contributed by atoms with Crippen molar-refractivity contribution in [3.8, 4) is 17.1 Å². The predicted octanol–water partition coefficient (Wildman–Crippen LogP) is 5.17. The first-order chi connectivity index (χ1) is 17.3. The molecule has 2 aromatic heterocycles. The quantitative estimate of drug-likeness (QED) is 0.527. The van der Waals surface area contributed by atoms with Crippen molar-refractivity contribution in [1.29, 1.82) is 0 Å². The monoisotopic (exact) mass is 471 g/mol. The van der Waals surface area contributed by atoms with Crippen LogP contribution in [-0.4, -0.2) is 52.7 Å². The summed E-state index contributed by atoms with van der Waals surface area (Å²) in [6, 6.07) is 12.4. The number of ether oxygens (including phenoxy) is 2. The first-order valence-corrected chi connectivity index (χ1v) is 12.6. The number of rotatable bonds is 4. The third-order valence-electron chi connectivity index (χ3n) is 6.32. The average molecular weight is 472 g/mol. The number of benzene rings is 1. The Morgan fingerprint density at radius 2 is 1.89 bits per heavy atom. The topological polar surface area (TPSA) is 72.4 Å². The van der Waals surface area contributed by atoms with Crippen molar-refractivity contribution >= 4 is 11.6 Å². The summed E-state index contributed by atoms with van der Waals surface area (Å²) in [4.78, 5) is 16.1. The van der Waals surface area contributed by atoms with Gasteiger partial charge >= 0.3 is 0 Å². The van der Waals surface area contributed by atoms with Crippen LogP contribution in [0.3, 0.4) is 0 Å². The van der Waals surface area contributed by atoms with E-state index in [9.17, 15) is 0 Å². The molecule has 35 heavy (non-hydrogen) atoms. The molecule has 1 N–H and O–H groups in total. The zero-order valence-electron chi connectivity index (χ0n) is 20.2. The van der Waals surface area contributed by atoms with Crippen LogP contribution < -0.4 is 10.1 Å². The van der Waals surface area contributed by atoms with E-state index in [1.54, 1.807) is 12.4 Å². The van der Waals surface area contributed by atoms with Gasteiger partial charge in [-0.05, 0) is 87.1 Å². The van der Waals surface area contributed by atoms with Crippen LogP contribution in [0.2, 0.25) is 0 Å². The number of nitrogens with zero attached hydrogens (tertiary/aromatic N) is 4. The molecule has 0 saturated carbocycles. The molecule has 0 unspecified atom stereocenters. The standard InChI is InChI=1S/C28H33N5O2/c1-4-15-34-21-23-17-22(7-6-14-33-12-2-3-13-33)18-25(19-23)31-28-30-11-9-26(32-28)24-8-10-29-27(20-24)35-16-5-1/h1,4,8-11,17-20H,2-3,5-7,12-16,21H2,(H,30,31,32)/b4-1+. The summed E-state index contributed by atoms with van der Waals surface area (Å²) in [5.41, 5.74) is 5.21. The van der Waals surface area contributed by atoms with Gasteiger partial charge in [-0.3, -0.25) is 0 Å². The van der Waals surface area contributed by atoms with Crippen LogP contribution in [0.15, 0.2) is 60.9 Å². The van der Waals surface area contributed by atoms with Crippen molar-refractivity contribution in [3.63, 3.8) is 0 Å². The molecular formula is C28H33N5O2. The van der Waals surface area contributed by atoms with E-state index in [-0.39, 0.29) is 0 Å². The Balaban J connectivity index is 1.38. The van der Waals surface area contributed by atoms with Gasteiger partial charge in [0.15, 0.2) is 0 Å². The van der Waals surface area contributed by atoms with E-state index in [2.05, 4.69) is 44.5 Å². The summed E-state index contributed by atoms with van der Waals surface area (Å²) < 4.78 is 11.7. The molecule has 2 aliphatic rings. The smallest absolute Gasteiger partial charge is 0.227 e. The van der Waals surface area contributed by atoms with Crippen LogP contribution in [0.25, 0.3) is 11.3 Å². The van der Waals surface area contributed by atoms with E-state index in [0.717, 1.165) is 48.3 Å². The molecule has 182 valence electrons. The lowest BCUT2D eigenvalue weighted by molar-refractivity contribution is 0.148. The fraction of sp³-hybridized carbons (Fsp3) is 0.393. The molecule has 0 spiro atoms. The third kappa shape index (κ3) is 6.87. The zero-order valence-corrected chi connectivity index (χ0v) is 20.2. The van der Waals surface area contributed by atoms with Gasteiger partial charge in [0.25, 0.3) is 0 Å². The molecule has 0 amide bonds. The molecule has 4 heterocycles. The van der Waals surface area contributed by atoms with Gasteiger partial charge in [-0.1, -0.05) is 18.2 Å². The van der Waals surface area contributed by atoms with E-state index in [1.807, 2.05) is 24.3 Å². The van der Waals surface area contributed by atoms with Gasteiger partial charge in [-0.25, -0.2) is 15.0 Å². The van der Waals surface area contributed by atoms with Crippen LogP contribution in [0.1, 0.15) is 36.8 Å². The molecule has 7 heteroatoms. The highest BCUT2D eigenvalue weighted by Gasteiger charge is 2.11. The molecule has 5 rings (SSSR count). The SMILES string of the molecule is C1=C/COCc2cc(CCCN3CCCC3)cc(c2)Nc2nccc(n2)-c2ccnc(c2)OCC/1. The molecule has 7 nitrogen and oxygen atoms in total. The fourth-order valence-electron chi connectivity index (χ4n) is 4.59. The van der Waals surface area contributed by atoms with Crippen molar-refractivity contribution in [2.75, 3.05) is 38.2 Å². The molecule has 2 aliphatic heterocycles. The molecular weight excluding hydrogens is 438 g/mol. The maximum Gasteiger partial charge on any atom is 0.227 e. The Hall–Kier alpha value is -3.29. The minimum atomic E-state index is 0.560. The fourth-order valence-corrected chi connectivity index (χ4v) is 4.59. The van der Waals surface area contributed by atoms with E-state index in [0.29, 0.717) is 31.6 Å². The second-order valence-electron chi connectivity index (χ2n) is 9.09. The second kappa shape index (κ2) is 11.9. The van der Waals surface area contributed by atoms with Crippen LogP contribution in [0.4, 0.5) is 11.6 Å². The van der Waals surface area contributed by atoms with E-state index < -0.39 is 0 Å². The minimum Gasteiger partial charge on any atom is -0.477 e. The number of hydrogen-bond acceptors (Lipinski definition) is 7. The number of hydrogen-bond donors (Lipinski definition) is 1. The summed E-state index contributed by atoms with van der Waals surface area (Å²) in [5.74, 6) is 1.15. The first-order valence-electron chi connectivity index (χ1n) is 12.6.